The van der Waals surface area contributed by atoms with Crippen LogP contribution >= 0.6 is 0 Å². The SMILES string of the molecule is C[C@H]1Cc2nc(-c3cc(OS(=O)(=O)C(F)(F)F)cc4ccc(F)c(F)c34)c(F)c3nc(OCC45CCCN4CCC5)nc(c23)N2C[C@@]3(F)CC[C@](F)(N3)[C@H]12. The topological polar surface area (TPSA) is 110 Å². The lowest BCUT2D eigenvalue weighted by Gasteiger charge is -2.48. The van der Waals surface area contributed by atoms with Gasteiger partial charge in [-0.05, 0) is 74.7 Å². The molecule has 1 N–H and O–H groups in total. The number of piperazine rings is 1. The Labute approximate surface area is 303 Å². The van der Waals surface area contributed by atoms with E-state index in [0.717, 1.165) is 50.9 Å². The van der Waals surface area contributed by atoms with E-state index in [4.69, 9.17) is 4.74 Å². The monoisotopic (exact) mass is 784 g/mol. The van der Waals surface area contributed by atoms with E-state index >= 15 is 17.6 Å². The van der Waals surface area contributed by atoms with E-state index < -0.39 is 84.5 Å². The Balaban J connectivity index is 1.27. The smallest absolute Gasteiger partial charge is 0.461 e. The number of ether oxygens (including phenoxy) is 1. The molecule has 5 aliphatic rings. The molecule has 4 fully saturated rings. The van der Waals surface area contributed by atoms with Gasteiger partial charge in [0.2, 0.25) is 0 Å². The molecule has 288 valence electrons. The highest BCUT2D eigenvalue weighted by Crippen LogP contribution is 2.51. The molecule has 9 rings (SSSR count). The Bertz CT molecular complexity index is 2360. The third kappa shape index (κ3) is 5.31. The highest BCUT2D eigenvalue weighted by Gasteiger charge is 2.62. The van der Waals surface area contributed by atoms with Crippen LogP contribution in [0.15, 0.2) is 24.3 Å². The maximum atomic E-state index is 17.2. The average molecular weight is 785 g/mol. The number of benzene rings is 2. The molecule has 2 aromatic heterocycles. The Morgan fingerprint density at radius 2 is 1.70 bits per heavy atom. The number of alkyl halides is 5. The summed E-state index contributed by atoms with van der Waals surface area (Å²) in [6.07, 6.45) is 3.17. The number of hydrogen-bond donors (Lipinski definition) is 1. The van der Waals surface area contributed by atoms with E-state index in [-0.39, 0.29) is 66.2 Å². The molecule has 0 unspecified atom stereocenters. The molecule has 4 aromatic rings. The van der Waals surface area contributed by atoms with Gasteiger partial charge in [-0.25, -0.2) is 32.3 Å². The molecule has 7 heterocycles. The predicted octanol–water partition coefficient (Wildman–Crippen LogP) is 6.59. The van der Waals surface area contributed by atoms with Crippen molar-refractivity contribution < 1.29 is 52.5 Å². The first-order valence-electron chi connectivity index (χ1n) is 17.6. The van der Waals surface area contributed by atoms with Gasteiger partial charge in [0.25, 0.3) is 0 Å². The van der Waals surface area contributed by atoms with Crippen molar-refractivity contribution >= 4 is 37.6 Å². The molecular formula is C35H32F8N6O4S. The Morgan fingerprint density at radius 3 is 2.43 bits per heavy atom. The van der Waals surface area contributed by atoms with Crippen LogP contribution in [0.25, 0.3) is 32.9 Å². The van der Waals surface area contributed by atoms with Crippen LogP contribution in [-0.4, -0.2) is 83.2 Å². The van der Waals surface area contributed by atoms with Gasteiger partial charge in [0.15, 0.2) is 29.0 Å². The Morgan fingerprint density at radius 1 is 0.963 bits per heavy atom. The fourth-order valence-electron chi connectivity index (χ4n) is 9.46. The number of aromatic nitrogens is 3. The second-order valence-corrected chi connectivity index (χ2v) is 16.6. The minimum absolute atomic E-state index is 0.0176. The van der Waals surface area contributed by atoms with E-state index in [1.165, 1.54) is 4.90 Å². The molecule has 0 aliphatic carbocycles. The number of rotatable bonds is 6. The summed E-state index contributed by atoms with van der Waals surface area (Å²) in [6.45, 7) is 3.20. The lowest BCUT2D eigenvalue weighted by molar-refractivity contribution is -0.0500. The summed E-state index contributed by atoms with van der Waals surface area (Å²) < 4.78 is 155. The first kappa shape index (κ1) is 35.6. The van der Waals surface area contributed by atoms with Crippen LogP contribution in [0.5, 0.6) is 11.8 Å². The van der Waals surface area contributed by atoms with Crippen LogP contribution < -0.4 is 19.1 Å². The lowest BCUT2D eigenvalue weighted by atomic mass is 9.87. The number of pyridine rings is 1. The van der Waals surface area contributed by atoms with E-state index in [1.807, 2.05) is 0 Å². The number of halogens is 8. The van der Waals surface area contributed by atoms with Crippen LogP contribution in [0, 0.1) is 23.4 Å². The van der Waals surface area contributed by atoms with Crippen molar-refractivity contribution in [3.8, 4) is 23.0 Å². The number of anilines is 1. The summed E-state index contributed by atoms with van der Waals surface area (Å²) in [5.74, 6) is -10.3. The number of hydrogen-bond acceptors (Lipinski definition) is 10. The van der Waals surface area contributed by atoms with Crippen LogP contribution in [0.3, 0.4) is 0 Å². The fraction of sp³-hybridized carbons (Fsp3) is 0.514. The van der Waals surface area contributed by atoms with E-state index in [1.54, 1.807) is 6.92 Å². The summed E-state index contributed by atoms with van der Waals surface area (Å²) in [4.78, 5) is 17.3. The van der Waals surface area contributed by atoms with E-state index in [0.29, 0.717) is 12.1 Å². The summed E-state index contributed by atoms with van der Waals surface area (Å²) in [5.41, 5.74) is -7.97. The van der Waals surface area contributed by atoms with Crippen LogP contribution in [0.4, 0.5) is 40.9 Å². The summed E-state index contributed by atoms with van der Waals surface area (Å²) in [5, 5.41) is 1.51. The van der Waals surface area contributed by atoms with Gasteiger partial charge in [0.1, 0.15) is 29.4 Å². The van der Waals surface area contributed by atoms with Crippen molar-refractivity contribution in [2.45, 2.75) is 80.5 Å². The number of nitrogens with zero attached hydrogens (tertiary/aromatic N) is 5. The van der Waals surface area contributed by atoms with Crippen LogP contribution in [-0.2, 0) is 16.5 Å². The second-order valence-electron chi connectivity index (χ2n) is 15.1. The maximum Gasteiger partial charge on any atom is 0.534 e. The maximum absolute atomic E-state index is 17.2. The van der Waals surface area contributed by atoms with Gasteiger partial charge in [0.05, 0.1) is 29.2 Å². The van der Waals surface area contributed by atoms with Crippen LogP contribution in [0.1, 0.15) is 51.1 Å². The zero-order chi connectivity index (χ0) is 38.2. The van der Waals surface area contributed by atoms with Crippen molar-refractivity contribution in [3.63, 3.8) is 0 Å². The minimum Gasteiger partial charge on any atom is -0.461 e. The first-order valence-corrected chi connectivity index (χ1v) is 19.0. The van der Waals surface area contributed by atoms with Gasteiger partial charge >= 0.3 is 21.6 Å². The van der Waals surface area contributed by atoms with Crippen LogP contribution in [0.2, 0.25) is 0 Å². The highest BCUT2D eigenvalue weighted by atomic mass is 32.2. The number of nitrogens with one attached hydrogen (secondary N) is 1. The van der Waals surface area contributed by atoms with Crippen molar-refractivity contribution in [1.29, 1.82) is 0 Å². The molecule has 4 atom stereocenters. The van der Waals surface area contributed by atoms with E-state index in [2.05, 4.69) is 29.4 Å². The largest absolute Gasteiger partial charge is 0.534 e. The first-order chi connectivity index (χ1) is 25.4. The molecule has 0 spiro atoms. The zero-order valence-corrected chi connectivity index (χ0v) is 29.4. The van der Waals surface area contributed by atoms with Gasteiger partial charge in [-0.3, -0.25) is 4.90 Å². The molecule has 4 saturated heterocycles. The molecule has 0 amide bonds. The lowest BCUT2D eigenvalue weighted by Crippen LogP contribution is -2.69. The molecule has 2 aromatic carbocycles. The van der Waals surface area contributed by atoms with Crippen molar-refractivity contribution in [1.82, 2.24) is 25.2 Å². The highest BCUT2D eigenvalue weighted by molar-refractivity contribution is 7.88. The Kier molecular flexibility index (Phi) is 7.72. The van der Waals surface area contributed by atoms with Crippen molar-refractivity contribution in [3.05, 3.63) is 47.4 Å². The summed E-state index contributed by atoms with van der Waals surface area (Å²) in [6, 6.07) is 1.60. The molecule has 10 nitrogen and oxygen atoms in total. The average Bonchev–Trinajstić information content (AvgIpc) is 3.73. The van der Waals surface area contributed by atoms with Gasteiger partial charge in [-0.2, -0.15) is 31.6 Å². The zero-order valence-electron chi connectivity index (χ0n) is 28.5. The van der Waals surface area contributed by atoms with Gasteiger partial charge in [-0.1, -0.05) is 13.0 Å². The molecule has 54 heavy (non-hydrogen) atoms. The minimum atomic E-state index is -6.26. The van der Waals surface area contributed by atoms with Gasteiger partial charge in [-0.15, -0.1) is 0 Å². The predicted molar refractivity (Wildman–Crippen MR) is 178 cm³/mol. The summed E-state index contributed by atoms with van der Waals surface area (Å²) in [7, 11) is -6.26. The normalized spacial score (nSPS) is 27.7. The number of fused-ring (bicyclic) bond motifs is 7. The quantitative estimate of drug-likeness (QED) is 0.0996. The van der Waals surface area contributed by atoms with Gasteiger partial charge in [0, 0.05) is 23.8 Å². The molecule has 19 heteroatoms. The third-order valence-corrected chi connectivity index (χ3v) is 12.7. The molecule has 0 saturated carbocycles. The fourth-order valence-corrected chi connectivity index (χ4v) is 9.90. The third-order valence-electron chi connectivity index (χ3n) is 11.7. The molecule has 2 bridgehead atoms. The van der Waals surface area contributed by atoms with E-state index in [9.17, 15) is 26.0 Å². The summed E-state index contributed by atoms with van der Waals surface area (Å²) >= 11 is 0. The second kappa shape index (κ2) is 11.7. The standard InChI is InChI=1S/C35H32F8N6O4S/c1-17-12-22-24-28(26(38)27(44-22)20-14-19(53-54(50,51)35(41,42)43)13-18-4-5-21(36)25(37)23(18)20)45-31(52-16-32-6-2-10-48(32)11-3-7-32)46-30(24)49-15-33(39)8-9-34(40,47-33)29(17)49/h4-5,13-14,17,29,47H,2-3,6-12,15-16H2,1H3/t17-,29-,33+,34-/m0/s1. The van der Waals surface area contributed by atoms with Gasteiger partial charge < -0.3 is 13.8 Å². The van der Waals surface area contributed by atoms with Crippen molar-refractivity contribution in [2.24, 2.45) is 5.92 Å². The molecular weight excluding hydrogens is 752 g/mol. The molecule has 5 aliphatic heterocycles. The van der Waals surface area contributed by atoms with Crippen molar-refractivity contribution in [2.75, 3.05) is 31.1 Å². The molecule has 0 radical (unpaired) electrons. The Hall–Kier alpha value is -4.10.